The van der Waals surface area contributed by atoms with E-state index in [0.717, 1.165) is 25.1 Å². The molecular formula is C17H24F2N2O3. The molecule has 1 atom stereocenters. The third kappa shape index (κ3) is 5.63. The van der Waals surface area contributed by atoms with Crippen LogP contribution in [-0.4, -0.2) is 44.2 Å². The molecule has 1 fully saturated rings. The lowest BCUT2D eigenvalue weighted by atomic mass is 10.0. The molecule has 2 rings (SSSR count). The number of piperidine rings is 1. The predicted octanol–water partition coefficient (Wildman–Crippen LogP) is 2.64. The van der Waals surface area contributed by atoms with Crippen LogP contribution in [0.15, 0.2) is 18.2 Å². The maximum absolute atomic E-state index is 12.3. The summed E-state index contributed by atoms with van der Waals surface area (Å²) in [5, 5.41) is 2.85. The standard InChI is InChI=1S/C17H24F2N2O3/c1-12-4-3-7-21(10-12)11-16(22)20-9-13-5-6-14(24-17(18)19)15(8-13)23-2/h5-6,8,12,17H,3-4,7,9-11H2,1-2H3,(H,20,22)/t12-/m0/s1. The molecule has 7 heteroatoms. The molecule has 0 radical (unpaired) electrons. The van der Waals surface area contributed by atoms with Crippen molar-refractivity contribution in [3.8, 4) is 11.5 Å². The van der Waals surface area contributed by atoms with Crippen LogP contribution in [0.3, 0.4) is 0 Å². The number of alkyl halides is 2. The highest BCUT2D eigenvalue weighted by Gasteiger charge is 2.18. The van der Waals surface area contributed by atoms with Gasteiger partial charge in [0.2, 0.25) is 5.91 Å². The number of nitrogens with zero attached hydrogens (tertiary/aromatic N) is 1. The van der Waals surface area contributed by atoms with Gasteiger partial charge >= 0.3 is 6.61 Å². The Bertz CT molecular complexity index is 555. The van der Waals surface area contributed by atoms with E-state index < -0.39 is 6.61 Å². The van der Waals surface area contributed by atoms with E-state index in [1.807, 2.05) is 0 Å². The first kappa shape index (κ1) is 18.4. The monoisotopic (exact) mass is 342 g/mol. The number of likely N-dealkylation sites (tertiary alicyclic amines) is 1. The van der Waals surface area contributed by atoms with Gasteiger partial charge in [0, 0.05) is 13.1 Å². The minimum absolute atomic E-state index is 0.0233. The van der Waals surface area contributed by atoms with Gasteiger partial charge in [0.25, 0.3) is 0 Å². The van der Waals surface area contributed by atoms with Crippen LogP contribution in [0.25, 0.3) is 0 Å². The van der Waals surface area contributed by atoms with Gasteiger partial charge in [-0.15, -0.1) is 0 Å². The molecule has 1 saturated heterocycles. The lowest BCUT2D eigenvalue weighted by Crippen LogP contribution is -2.41. The van der Waals surface area contributed by atoms with E-state index in [1.54, 1.807) is 12.1 Å². The van der Waals surface area contributed by atoms with Crippen molar-refractivity contribution in [1.82, 2.24) is 10.2 Å². The summed E-state index contributed by atoms with van der Waals surface area (Å²) in [5.74, 6) is 0.769. The zero-order valence-electron chi connectivity index (χ0n) is 14.1. The Kier molecular flexibility index (Phi) is 6.78. The minimum Gasteiger partial charge on any atom is -0.493 e. The molecule has 1 N–H and O–H groups in total. The summed E-state index contributed by atoms with van der Waals surface area (Å²) in [7, 11) is 1.38. The molecule has 1 heterocycles. The summed E-state index contributed by atoms with van der Waals surface area (Å²) in [6.45, 7) is 1.88. The fourth-order valence-electron chi connectivity index (χ4n) is 2.91. The molecular weight excluding hydrogens is 318 g/mol. The molecule has 1 aliphatic rings. The third-order valence-corrected chi connectivity index (χ3v) is 4.04. The Balaban J connectivity index is 1.85. The average molecular weight is 342 g/mol. The summed E-state index contributed by atoms with van der Waals surface area (Å²) in [4.78, 5) is 14.2. The first-order valence-electron chi connectivity index (χ1n) is 8.08. The predicted molar refractivity (Wildman–Crippen MR) is 86.3 cm³/mol. The number of carbonyl (C=O) groups excluding carboxylic acids is 1. The summed E-state index contributed by atoms with van der Waals surface area (Å²) in [6.07, 6.45) is 2.34. The van der Waals surface area contributed by atoms with Gasteiger partial charge in [0.1, 0.15) is 0 Å². The van der Waals surface area contributed by atoms with Gasteiger partial charge in [-0.1, -0.05) is 13.0 Å². The minimum atomic E-state index is -2.91. The van der Waals surface area contributed by atoms with Crippen molar-refractivity contribution in [2.45, 2.75) is 32.9 Å². The quantitative estimate of drug-likeness (QED) is 0.828. The Morgan fingerprint density at radius 1 is 1.42 bits per heavy atom. The Morgan fingerprint density at radius 2 is 2.21 bits per heavy atom. The molecule has 0 unspecified atom stereocenters. The number of hydrogen-bond donors (Lipinski definition) is 1. The normalized spacial score (nSPS) is 18.5. The van der Waals surface area contributed by atoms with Gasteiger partial charge < -0.3 is 14.8 Å². The second kappa shape index (κ2) is 8.82. The van der Waals surface area contributed by atoms with Crippen molar-refractivity contribution in [2.24, 2.45) is 5.92 Å². The number of hydrogen-bond acceptors (Lipinski definition) is 4. The first-order chi connectivity index (χ1) is 11.5. The number of benzene rings is 1. The van der Waals surface area contributed by atoms with E-state index in [1.165, 1.54) is 19.6 Å². The topological polar surface area (TPSA) is 50.8 Å². The number of methoxy groups -OCH3 is 1. The highest BCUT2D eigenvalue weighted by molar-refractivity contribution is 5.78. The van der Waals surface area contributed by atoms with Crippen molar-refractivity contribution in [1.29, 1.82) is 0 Å². The molecule has 0 spiro atoms. The molecule has 0 bridgehead atoms. The molecule has 5 nitrogen and oxygen atoms in total. The third-order valence-electron chi connectivity index (χ3n) is 4.04. The number of nitrogens with one attached hydrogen (secondary N) is 1. The Labute approximate surface area is 140 Å². The van der Waals surface area contributed by atoms with Crippen LogP contribution in [0.4, 0.5) is 8.78 Å². The van der Waals surface area contributed by atoms with Crippen LogP contribution in [0.1, 0.15) is 25.3 Å². The van der Waals surface area contributed by atoms with Gasteiger partial charge in [0.05, 0.1) is 13.7 Å². The smallest absolute Gasteiger partial charge is 0.387 e. The van der Waals surface area contributed by atoms with Crippen molar-refractivity contribution < 1.29 is 23.0 Å². The summed E-state index contributed by atoms with van der Waals surface area (Å²) >= 11 is 0. The number of ether oxygens (including phenoxy) is 2. The van der Waals surface area contributed by atoms with E-state index in [9.17, 15) is 13.6 Å². The largest absolute Gasteiger partial charge is 0.493 e. The Morgan fingerprint density at radius 3 is 2.88 bits per heavy atom. The van der Waals surface area contributed by atoms with Gasteiger partial charge in [-0.2, -0.15) is 8.78 Å². The van der Waals surface area contributed by atoms with E-state index in [2.05, 4.69) is 21.9 Å². The maximum atomic E-state index is 12.3. The van der Waals surface area contributed by atoms with Gasteiger partial charge in [-0.25, -0.2) is 0 Å². The Hall–Kier alpha value is -1.89. The van der Waals surface area contributed by atoms with E-state index in [-0.39, 0.29) is 17.4 Å². The van der Waals surface area contributed by atoms with E-state index in [0.29, 0.717) is 19.0 Å². The molecule has 1 aliphatic heterocycles. The molecule has 1 amide bonds. The second-order valence-electron chi connectivity index (χ2n) is 6.12. The number of amides is 1. The van der Waals surface area contributed by atoms with Crippen LogP contribution in [-0.2, 0) is 11.3 Å². The number of rotatable bonds is 7. The second-order valence-corrected chi connectivity index (χ2v) is 6.12. The van der Waals surface area contributed by atoms with E-state index >= 15 is 0 Å². The molecule has 24 heavy (non-hydrogen) atoms. The van der Waals surface area contributed by atoms with Crippen molar-refractivity contribution in [2.75, 3.05) is 26.7 Å². The average Bonchev–Trinajstić information content (AvgIpc) is 2.53. The van der Waals surface area contributed by atoms with E-state index in [4.69, 9.17) is 4.74 Å². The highest BCUT2D eigenvalue weighted by atomic mass is 19.3. The van der Waals surface area contributed by atoms with Crippen LogP contribution < -0.4 is 14.8 Å². The lowest BCUT2D eigenvalue weighted by Gasteiger charge is -2.30. The summed E-state index contributed by atoms with van der Waals surface area (Å²) < 4.78 is 34.0. The van der Waals surface area contributed by atoms with Crippen molar-refractivity contribution >= 4 is 5.91 Å². The molecule has 134 valence electrons. The SMILES string of the molecule is COc1cc(CNC(=O)CN2CCC[C@H](C)C2)ccc1OC(F)F. The first-order valence-corrected chi connectivity index (χ1v) is 8.08. The van der Waals surface area contributed by atoms with Crippen LogP contribution in [0.5, 0.6) is 11.5 Å². The van der Waals surface area contributed by atoms with Crippen LogP contribution in [0.2, 0.25) is 0 Å². The molecule has 0 aliphatic carbocycles. The van der Waals surface area contributed by atoms with Gasteiger partial charge in [-0.3, -0.25) is 9.69 Å². The molecule has 1 aromatic rings. The number of halogens is 2. The fraction of sp³-hybridized carbons (Fsp3) is 0.588. The molecule has 1 aromatic carbocycles. The van der Waals surface area contributed by atoms with Crippen molar-refractivity contribution in [3.05, 3.63) is 23.8 Å². The number of carbonyl (C=O) groups is 1. The highest BCUT2D eigenvalue weighted by Crippen LogP contribution is 2.29. The lowest BCUT2D eigenvalue weighted by molar-refractivity contribution is -0.122. The maximum Gasteiger partial charge on any atom is 0.387 e. The fourth-order valence-corrected chi connectivity index (χ4v) is 2.91. The van der Waals surface area contributed by atoms with Gasteiger partial charge in [-0.05, 0) is 43.0 Å². The van der Waals surface area contributed by atoms with Crippen LogP contribution in [0, 0.1) is 5.92 Å². The molecule has 0 aromatic heterocycles. The zero-order chi connectivity index (χ0) is 17.5. The summed E-state index contributed by atoms with van der Waals surface area (Å²) in [6, 6.07) is 4.63. The molecule has 0 saturated carbocycles. The van der Waals surface area contributed by atoms with Gasteiger partial charge in [0.15, 0.2) is 11.5 Å². The van der Waals surface area contributed by atoms with Crippen LogP contribution >= 0.6 is 0 Å². The summed E-state index contributed by atoms with van der Waals surface area (Å²) in [5.41, 5.74) is 0.758. The zero-order valence-corrected chi connectivity index (χ0v) is 14.1. The van der Waals surface area contributed by atoms with Crippen molar-refractivity contribution in [3.63, 3.8) is 0 Å².